The highest BCUT2D eigenvalue weighted by molar-refractivity contribution is 5.15. The number of nitrogens with one attached hydrogen (secondary N) is 1. The molecule has 0 unspecified atom stereocenters. The van der Waals surface area contributed by atoms with E-state index < -0.39 is 0 Å². The Morgan fingerprint density at radius 3 is 2.67 bits per heavy atom. The average Bonchev–Trinajstić information content (AvgIpc) is 2.93. The first kappa shape index (κ1) is 12.6. The fourth-order valence-electron chi connectivity index (χ4n) is 1.84. The third kappa shape index (κ3) is 2.89. The minimum Gasteiger partial charge on any atom is -0.396 e. The van der Waals surface area contributed by atoms with Crippen LogP contribution in [0.2, 0.25) is 0 Å². The number of aromatic nitrogens is 4. The maximum atomic E-state index is 8.75. The molecule has 0 bridgehead atoms. The van der Waals surface area contributed by atoms with Crippen molar-refractivity contribution in [1.29, 1.82) is 0 Å². The van der Waals surface area contributed by atoms with Crippen molar-refractivity contribution in [2.24, 2.45) is 0 Å². The lowest BCUT2D eigenvalue weighted by Crippen LogP contribution is -2.17. The van der Waals surface area contributed by atoms with Crippen LogP contribution in [0.4, 0.5) is 0 Å². The van der Waals surface area contributed by atoms with E-state index in [2.05, 4.69) is 41.7 Å². The van der Waals surface area contributed by atoms with Crippen molar-refractivity contribution in [3.63, 3.8) is 0 Å². The lowest BCUT2D eigenvalue weighted by Gasteiger charge is -2.10. The summed E-state index contributed by atoms with van der Waals surface area (Å²) in [4.78, 5) is 0. The SMILES string of the molecule is Cc1ccc(C)n1NCc1cn(CCCO)nn1. The van der Waals surface area contributed by atoms with Crippen LogP contribution in [0.15, 0.2) is 18.3 Å². The van der Waals surface area contributed by atoms with Gasteiger partial charge in [-0.25, -0.2) is 0 Å². The highest BCUT2D eigenvalue weighted by Crippen LogP contribution is 2.05. The maximum Gasteiger partial charge on any atom is 0.103 e. The second-order valence-corrected chi connectivity index (χ2v) is 4.34. The molecule has 2 rings (SSSR count). The van der Waals surface area contributed by atoms with E-state index in [1.165, 1.54) is 11.4 Å². The molecular formula is C12H19N5O. The average molecular weight is 249 g/mol. The van der Waals surface area contributed by atoms with Crippen molar-refractivity contribution in [3.8, 4) is 0 Å². The largest absolute Gasteiger partial charge is 0.396 e. The second kappa shape index (κ2) is 5.68. The molecule has 18 heavy (non-hydrogen) atoms. The van der Waals surface area contributed by atoms with Gasteiger partial charge in [0.05, 0.1) is 12.7 Å². The van der Waals surface area contributed by atoms with E-state index in [1.807, 2.05) is 10.9 Å². The van der Waals surface area contributed by atoms with Gasteiger partial charge in [0.15, 0.2) is 0 Å². The summed E-state index contributed by atoms with van der Waals surface area (Å²) in [6.45, 7) is 5.62. The molecule has 98 valence electrons. The van der Waals surface area contributed by atoms with E-state index in [1.54, 1.807) is 4.68 Å². The van der Waals surface area contributed by atoms with Gasteiger partial charge in [0.2, 0.25) is 0 Å². The van der Waals surface area contributed by atoms with Gasteiger partial charge in [-0.3, -0.25) is 9.36 Å². The smallest absolute Gasteiger partial charge is 0.103 e. The lowest BCUT2D eigenvalue weighted by molar-refractivity contribution is 0.276. The molecular weight excluding hydrogens is 230 g/mol. The molecule has 2 N–H and O–H groups in total. The summed E-state index contributed by atoms with van der Waals surface area (Å²) in [6.07, 6.45) is 2.60. The van der Waals surface area contributed by atoms with Crippen LogP contribution >= 0.6 is 0 Å². The van der Waals surface area contributed by atoms with Crippen LogP contribution in [0.25, 0.3) is 0 Å². The van der Waals surface area contributed by atoms with Crippen molar-refractivity contribution >= 4 is 0 Å². The number of aliphatic hydroxyl groups excluding tert-OH is 1. The van der Waals surface area contributed by atoms with Crippen LogP contribution in [0, 0.1) is 13.8 Å². The molecule has 0 aromatic carbocycles. The summed E-state index contributed by atoms with van der Waals surface area (Å²) in [7, 11) is 0. The molecule has 0 spiro atoms. The predicted octanol–water partition coefficient (Wildman–Crippen LogP) is 0.823. The molecule has 2 heterocycles. The Balaban J connectivity index is 1.92. The first-order valence-corrected chi connectivity index (χ1v) is 6.09. The van der Waals surface area contributed by atoms with Gasteiger partial charge in [-0.2, -0.15) is 0 Å². The Kier molecular flexibility index (Phi) is 3.99. The Hall–Kier alpha value is -1.82. The zero-order chi connectivity index (χ0) is 13.0. The van der Waals surface area contributed by atoms with Gasteiger partial charge in [-0.15, -0.1) is 5.10 Å². The van der Waals surface area contributed by atoms with E-state index in [0.29, 0.717) is 19.5 Å². The van der Waals surface area contributed by atoms with Crippen LogP contribution in [-0.2, 0) is 13.1 Å². The molecule has 0 aliphatic heterocycles. The van der Waals surface area contributed by atoms with Crippen molar-refractivity contribution in [3.05, 3.63) is 35.4 Å². The minimum absolute atomic E-state index is 0.176. The molecule has 6 nitrogen and oxygen atoms in total. The van der Waals surface area contributed by atoms with E-state index in [0.717, 1.165) is 5.69 Å². The summed E-state index contributed by atoms with van der Waals surface area (Å²) in [6, 6.07) is 4.14. The Bertz CT molecular complexity index is 483. The van der Waals surface area contributed by atoms with E-state index >= 15 is 0 Å². The zero-order valence-electron chi connectivity index (χ0n) is 10.8. The van der Waals surface area contributed by atoms with Crippen molar-refractivity contribution in [2.75, 3.05) is 12.0 Å². The van der Waals surface area contributed by atoms with Gasteiger partial charge in [-0.05, 0) is 32.4 Å². The predicted molar refractivity (Wildman–Crippen MR) is 68.7 cm³/mol. The monoisotopic (exact) mass is 249 g/mol. The van der Waals surface area contributed by atoms with Crippen LogP contribution in [0.3, 0.4) is 0 Å². The summed E-state index contributed by atoms with van der Waals surface area (Å²) in [5, 5.41) is 16.8. The summed E-state index contributed by atoms with van der Waals surface area (Å²) in [5.74, 6) is 0. The Morgan fingerprint density at radius 1 is 1.28 bits per heavy atom. The quantitative estimate of drug-likeness (QED) is 0.795. The Labute approximate surface area is 106 Å². The molecule has 0 aliphatic carbocycles. The third-order valence-corrected chi connectivity index (χ3v) is 2.82. The molecule has 0 atom stereocenters. The second-order valence-electron chi connectivity index (χ2n) is 4.34. The number of nitrogens with zero attached hydrogens (tertiary/aromatic N) is 4. The highest BCUT2D eigenvalue weighted by atomic mass is 16.3. The summed E-state index contributed by atoms with van der Waals surface area (Å²) in [5.41, 5.74) is 6.52. The molecule has 0 fully saturated rings. The van der Waals surface area contributed by atoms with E-state index in [-0.39, 0.29) is 6.61 Å². The zero-order valence-corrected chi connectivity index (χ0v) is 10.8. The normalized spacial score (nSPS) is 10.8. The molecule has 6 heteroatoms. The van der Waals surface area contributed by atoms with Crippen LogP contribution < -0.4 is 5.43 Å². The Morgan fingerprint density at radius 2 is 2.00 bits per heavy atom. The first-order chi connectivity index (χ1) is 8.70. The maximum absolute atomic E-state index is 8.75. The van der Waals surface area contributed by atoms with Gasteiger partial charge >= 0.3 is 0 Å². The highest BCUT2D eigenvalue weighted by Gasteiger charge is 2.03. The molecule has 0 saturated carbocycles. The van der Waals surface area contributed by atoms with E-state index in [4.69, 9.17) is 5.11 Å². The number of aliphatic hydroxyl groups is 1. The number of hydrogen-bond acceptors (Lipinski definition) is 4. The number of hydrogen-bond donors (Lipinski definition) is 2. The van der Waals surface area contributed by atoms with Gasteiger partial charge in [0.1, 0.15) is 5.69 Å². The van der Waals surface area contributed by atoms with Crippen molar-refractivity contribution in [1.82, 2.24) is 19.7 Å². The molecule has 2 aromatic heterocycles. The van der Waals surface area contributed by atoms with Crippen LogP contribution in [-0.4, -0.2) is 31.4 Å². The number of rotatable bonds is 6. The lowest BCUT2D eigenvalue weighted by atomic mass is 10.4. The summed E-state index contributed by atoms with van der Waals surface area (Å²) >= 11 is 0. The third-order valence-electron chi connectivity index (χ3n) is 2.82. The molecule has 0 amide bonds. The minimum atomic E-state index is 0.176. The van der Waals surface area contributed by atoms with Gasteiger partial charge < -0.3 is 10.5 Å². The summed E-state index contributed by atoms with van der Waals surface area (Å²) < 4.78 is 3.79. The number of aryl methyl sites for hydroxylation is 3. The fourth-order valence-corrected chi connectivity index (χ4v) is 1.84. The molecule has 0 aliphatic rings. The molecule has 0 radical (unpaired) electrons. The van der Waals surface area contributed by atoms with Gasteiger partial charge in [0.25, 0.3) is 0 Å². The van der Waals surface area contributed by atoms with Crippen LogP contribution in [0.5, 0.6) is 0 Å². The topological polar surface area (TPSA) is 67.9 Å². The molecule has 0 saturated heterocycles. The first-order valence-electron chi connectivity index (χ1n) is 6.09. The van der Waals surface area contributed by atoms with Gasteiger partial charge in [0, 0.05) is 24.5 Å². The van der Waals surface area contributed by atoms with Crippen LogP contribution in [0.1, 0.15) is 23.5 Å². The fraction of sp³-hybridized carbons (Fsp3) is 0.500. The standard InChI is InChI=1S/C12H19N5O/c1-10-4-5-11(2)17(10)13-8-12-9-16(15-14-12)6-3-7-18/h4-5,9,13,18H,3,6-8H2,1-2H3. The van der Waals surface area contributed by atoms with Crippen molar-refractivity contribution in [2.45, 2.75) is 33.4 Å². The molecule has 2 aromatic rings. The van der Waals surface area contributed by atoms with Crippen molar-refractivity contribution < 1.29 is 5.11 Å². The van der Waals surface area contributed by atoms with E-state index in [9.17, 15) is 0 Å². The van der Waals surface area contributed by atoms with Gasteiger partial charge in [-0.1, -0.05) is 5.21 Å².